The fraction of sp³-hybridized carbons (Fsp3) is 0.667. The highest BCUT2D eigenvalue weighted by atomic mass is 15.3. The van der Waals surface area contributed by atoms with Crippen LogP contribution in [0.15, 0.2) is 6.07 Å². The molecule has 1 unspecified atom stereocenters. The highest BCUT2D eigenvalue weighted by molar-refractivity contribution is 5.50. The molecule has 1 aromatic rings. The van der Waals surface area contributed by atoms with Crippen molar-refractivity contribution in [2.75, 3.05) is 23.0 Å². The van der Waals surface area contributed by atoms with Crippen molar-refractivity contribution >= 4 is 17.6 Å². The second kappa shape index (κ2) is 7.71. The van der Waals surface area contributed by atoms with E-state index in [0.29, 0.717) is 17.6 Å². The molecule has 0 fully saturated rings. The minimum atomic E-state index is 0.217. The number of unbranched alkanes of at least 4 members (excludes halogenated alkanes) is 1. The number of rotatable bonds is 8. The molecule has 18 heavy (non-hydrogen) atoms. The lowest BCUT2D eigenvalue weighted by Crippen LogP contribution is -2.16. The van der Waals surface area contributed by atoms with Crippen molar-refractivity contribution in [1.82, 2.24) is 9.97 Å². The Labute approximate surface area is 109 Å². The van der Waals surface area contributed by atoms with Crippen molar-refractivity contribution in [1.29, 1.82) is 0 Å². The Balaban J connectivity index is 2.53. The second-order valence-corrected chi connectivity index (χ2v) is 4.44. The molecule has 0 saturated heterocycles. The molecule has 0 aliphatic carbocycles. The molecule has 1 rings (SSSR count). The maximum atomic E-state index is 5.60. The Morgan fingerprint density at radius 2 is 2.00 bits per heavy atom. The summed E-state index contributed by atoms with van der Waals surface area (Å²) in [5.74, 6) is 7.42. The fourth-order valence-electron chi connectivity index (χ4n) is 1.82. The number of hydrogen-bond acceptors (Lipinski definition) is 6. The Morgan fingerprint density at radius 3 is 2.61 bits per heavy atom. The average molecular weight is 252 g/mol. The van der Waals surface area contributed by atoms with Crippen molar-refractivity contribution in [2.24, 2.45) is 11.8 Å². The van der Waals surface area contributed by atoms with Gasteiger partial charge in [0.15, 0.2) is 0 Å². The number of nitrogens with one attached hydrogen (secondary N) is 2. The van der Waals surface area contributed by atoms with Gasteiger partial charge in [-0.2, -0.15) is 9.97 Å². The lowest BCUT2D eigenvalue weighted by atomic mass is 9.99. The molecular weight excluding hydrogens is 228 g/mol. The van der Waals surface area contributed by atoms with Crippen molar-refractivity contribution in [3.8, 4) is 0 Å². The lowest BCUT2D eigenvalue weighted by Gasteiger charge is -2.16. The second-order valence-electron chi connectivity index (χ2n) is 4.44. The van der Waals surface area contributed by atoms with Crippen LogP contribution in [0.5, 0.6) is 0 Å². The largest absolute Gasteiger partial charge is 0.370 e. The minimum Gasteiger partial charge on any atom is -0.370 e. The van der Waals surface area contributed by atoms with E-state index in [9.17, 15) is 0 Å². The summed E-state index contributed by atoms with van der Waals surface area (Å²) in [5, 5.41) is 3.29. The quantitative estimate of drug-likeness (QED) is 0.417. The predicted octanol–water partition coefficient (Wildman–Crippen LogP) is 1.97. The first-order valence-electron chi connectivity index (χ1n) is 6.54. The van der Waals surface area contributed by atoms with E-state index >= 15 is 0 Å². The zero-order valence-corrected chi connectivity index (χ0v) is 11.2. The number of aromatic nitrogens is 2. The van der Waals surface area contributed by atoms with Gasteiger partial charge in [0, 0.05) is 12.6 Å². The number of nitrogens with zero attached hydrogens (tertiary/aromatic N) is 2. The summed E-state index contributed by atoms with van der Waals surface area (Å²) in [4.78, 5) is 8.07. The van der Waals surface area contributed by atoms with Gasteiger partial charge in [0.25, 0.3) is 0 Å². The van der Waals surface area contributed by atoms with E-state index in [2.05, 4.69) is 34.6 Å². The number of hydrogen-bond donors (Lipinski definition) is 4. The van der Waals surface area contributed by atoms with Crippen LogP contribution >= 0.6 is 0 Å². The summed E-state index contributed by atoms with van der Waals surface area (Å²) in [7, 11) is 0. The third-order valence-electron chi connectivity index (χ3n) is 3.01. The number of nitrogens with two attached hydrogens (primary N) is 2. The van der Waals surface area contributed by atoms with Crippen LogP contribution < -0.4 is 22.3 Å². The van der Waals surface area contributed by atoms with Crippen molar-refractivity contribution < 1.29 is 0 Å². The third kappa shape index (κ3) is 4.75. The Morgan fingerprint density at radius 1 is 1.28 bits per heavy atom. The summed E-state index contributed by atoms with van der Waals surface area (Å²) < 4.78 is 0. The SMILES string of the molecule is CCCCC(CC)CNc1cc(NN)nc(N)n1. The highest BCUT2D eigenvalue weighted by Crippen LogP contribution is 2.15. The smallest absolute Gasteiger partial charge is 0.223 e. The van der Waals surface area contributed by atoms with Gasteiger partial charge in [0.05, 0.1) is 0 Å². The van der Waals surface area contributed by atoms with Gasteiger partial charge in [0.1, 0.15) is 11.6 Å². The normalized spacial score (nSPS) is 12.2. The molecule has 0 radical (unpaired) electrons. The van der Waals surface area contributed by atoms with Crippen LogP contribution in [0.25, 0.3) is 0 Å². The highest BCUT2D eigenvalue weighted by Gasteiger charge is 2.07. The van der Waals surface area contributed by atoms with Crippen LogP contribution in [-0.2, 0) is 0 Å². The molecule has 0 aromatic carbocycles. The summed E-state index contributed by atoms with van der Waals surface area (Å²) in [5.41, 5.74) is 8.07. The standard InChI is InChI=1S/C12H24N6/c1-3-5-6-9(4-2)8-15-10-7-11(18-14)17-12(13)16-10/h7,9H,3-6,8,14H2,1-2H3,(H4,13,15,16,17,18). The molecule has 102 valence electrons. The molecule has 6 nitrogen and oxygen atoms in total. The van der Waals surface area contributed by atoms with Crippen LogP contribution in [0.4, 0.5) is 17.6 Å². The van der Waals surface area contributed by atoms with Crippen molar-refractivity contribution in [3.05, 3.63) is 6.07 Å². The van der Waals surface area contributed by atoms with E-state index in [-0.39, 0.29) is 5.95 Å². The maximum absolute atomic E-state index is 5.60. The summed E-state index contributed by atoms with van der Waals surface area (Å²) in [6.07, 6.45) is 4.90. The van der Waals surface area contributed by atoms with Gasteiger partial charge in [-0.15, -0.1) is 0 Å². The van der Waals surface area contributed by atoms with Crippen molar-refractivity contribution in [2.45, 2.75) is 39.5 Å². The first-order valence-corrected chi connectivity index (χ1v) is 6.54. The number of nitrogen functional groups attached to an aromatic ring is 2. The molecule has 6 heteroatoms. The van der Waals surface area contributed by atoms with Gasteiger partial charge in [-0.05, 0) is 12.3 Å². The first-order chi connectivity index (χ1) is 8.69. The molecule has 0 saturated carbocycles. The molecule has 0 spiro atoms. The Kier molecular flexibility index (Phi) is 6.21. The van der Waals surface area contributed by atoms with E-state index in [1.165, 1.54) is 19.3 Å². The zero-order chi connectivity index (χ0) is 13.4. The molecule has 6 N–H and O–H groups in total. The summed E-state index contributed by atoms with van der Waals surface area (Å²) in [6, 6.07) is 1.75. The first kappa shape index (κ1) is 14.5. The van der Waals surface area contributed by atoms with Gasteiger partial charge in [-0.3, -0.25) is 0 Å². The van der Waals surface area contributed by atoms with E-state index in [1.54, 1.807) is 6.07 Å². The Bertz CT molecular complexity index is 354. The molecule has 1 aromatic heterocycles. The molecule has 0 aliphatic heterocycles. The van der Waals surface area contributed by atoms with Crippen LogP contribution in [0, 0.1) is 5.92 Å². The van der Waals surface area contributed by atoms with E-state index in [4.69, 9.17) is 11.6 Å². The van der Waals surface area contributed by atoms with Crippen LogP contribution in [0.2, 0.25) is 0 Å². The monoisotopic (exact) mass is 252 g/mol. The topological polar surface area (TPSA) is 102 Å². The van der Waals surface area contributed by atoms with Crippen LogP contribution in [-0.4, -0.2) is 16.5 Å². The molecule has 0 aliphatic rings. The third-order valence-corrected chi connectivity index (χ3v) is 3.01. The maximum Gasteiger partial charge on any atom is 0.223 e. The van der Waals surface area contributed by atoms with E-state index in [0.717, 1.165) is 13.0 Å². The molecular formula is C12H24N6. The van der Waals surface area contributed by atoms with Gasteiger partial charge in [-0.1, -0.05) is 33.1 Å². The molecule has 0 bridgehead atoms. The molecule has 0 amide bonds. The fourth-order valence-corrected chi connectivity index (χ4v) is 1.82. The summed E-state index contributed by atoms with van der Waals surface area (Å²) >= 11 is 0. The average Bonchev–Trinajstić information content (AvgIpc) is 2.38. The molecule has 1 atom stereocenters. The van der Waals surface area contributed by atoms with Gasteiger partial charge < -0.3 is 16.5 Å². The van der Waals surface area contributed by atoms with Gasteiger partial charge in [-0.25, -0.2) is 5.84 Å². The Hall–Kier alpha value is -1.56. The van der Waals surface area contributed by atoms with Crippen molar-refractivity contribution in [3.63, 3.8) is 0 Å². The number of hydrazine groups is 1. The van der Waals surface area contributed by atoms with Gasteiger partial charge in [0.2, 0.25) is 5.95 Å². The van der Waals surface area contributed by atoms with Crippen LogP contribution in [0.1, 0.15) is 39.5 Å². The summed E-state index contributed by atoms with van der Waals surface area (Å²) in [6.45, 7) is 5.32. The van der Waals surface area contributed by atoms with Crippen LogP contribution in [0.3, 0.4) is 0 Å². The van der Waals surface area contributed by atoms with E-state index < -0.39 is 0 Å². The zero-order valence-electron chi connectivity index (χ0n) is 11.2. The lowest BCUT2D eigenvalue weighted by molar-refractivity contribution is 0.472. The number of anilines is 3. The van der Waals surface area contributed by atoms with E-state index in [1.807, 2.05) is 0 Å². The predicted molar refractivity (Wildman–Crippen MR) is 76.1 cm³/mol. The van der Waals surface area contributed by atoms with Gasteiger partial charge >= 0.3 is 0 Å². The molecule has 1 heterocycles. The minimum absolute atomic E-state index is 0.217.